The Morgan fingerprint density at radius 1 is 1.39 bits per heavy atom. The van der Waals surface area contributed by atoms with Crippen molar-refractivity contribution in [3.8, 4) is 0 Å². The van der Waals surface area contributed by atoms with Gasteiger partial charge in [-0.25, -0.2) is 0 Å². The van der Waals surface area contributed by atoms with E-state index in [1.54, 1.807) is 11.3 Å². The minimum absolute atomic E-state index is 0.0173. The summed E-state index contributed by atoms with van der Waals surface area (Å²) >= 11 is 7.72. The number of rotatable bonds is 5. The van der Waals surface area contributed by atoms with E-state index < -0.39 is 0 Å². The molecule has 2 aromatic rings. The van der Waals surface area contributed by atoms with Crippen molar-refractivity contribution in [2.45, 2.75) is 19.5 Å². The Hall–Kier alpha value is -0.870. The van der Waals surface area contributed by atoms with Gasteiger partial charge in [-0.05, 0) is 46.5 Å². The quantitative estimate of drug-likeness (QED) is 0.879. The van der Waals surface area contributed by atoms with Crippen molar-refractivity contribution in [3.05, 3.63) is 56.7 Å². The average Bonchev–Trinajstić information content (AvgIpc) is 2.88. The molecule has 0 aliphatic rings. The Labute approximate surface area is 116 Å². The molecule has 0 aliphatic carbocycles. The molecule has 1 atom stereocenters. The third kappa shape index (κ3) is 3.33. The fourth-order valence-corrected chi connectivity index (χ4v) is 2.67. The number of aliphatic hydroxyl groups is 1. The van der Waals surface area contributed by atoms with Gasteiger partial charge in [0.05, 0.1) is 12.6 Å². The third-order valence-corrected chi connectivity index (χ3v) is 4.03. The highest BCUT2D eigenvalue weighted by Gasteiger charge is 2.10. The maximum atomic E-state index is 9.39. The monoisotopic (exact) mass is 281 g/mol. The topological polar surface area (TPSA) is 32.3 Å². The van der Waals surface area contributed by atoms with Crippen LogP contribution in [0, 0.1) is 6.92 Å². The molecule has 0 fully saturated rings. The van der Waals surface area contributed by atoms with Crippen molar-refractivity contribution in [1.82, 2.24) is 5.32 Å². The summed E-state index contributed by atoms with van der Waals surface area (Å²) in [7, 11) is 0. The molecule has 0 bridgehead atoms. The highest BCUT2D eigenvalue weighted by atomic mass is 35.5. The Balaban J connectivity index is 1.99. The molecule has 2 nitrogen and oxygen atoms in total. The average molecular weight is 282 g/mol. The predicted molar refractivity (Wildman–Crippen MR) is 77.2 cm³/mol. The van der Waals surface area contributed by atoms with Gasteiger partial charge >= 0.3 is 0 Å². The molecule has 0 saturated carbocycles. The first kappa shape index (κ1) is 13.6. The lowest BCUT2D eigenvalue weighted by atomic mass is 10.1. The molecule has 4 heteroatoms. The van der Waals surface area contributed by atoms with Crippen LogP contribution >= 0.6 is 22.9 Å². The largest absolute Gasteiger partial charge is 0.394 e. The van der Waals surface area contributed by atoms with Gasteiger partial charge in [0.15, 0.2) is 0 Å². The number of benzene rings is 1. The summed E-state index contributed by atoms with van der Waals surface area (Å²) in [5.41, 5.74) is 3.33. The number of thiophene rings is 1. The second-order valence-corrected chi connectivity index (χ2v) is 5.44. The highest BCUT2D eigenvalue weighted by molar-refractivity contribution is 7.07. The summed E-state index contributed by atoms with van der Waals surface area (Å²) in [6.07, 6.45) is 0. The maximum Gasteiger partial charge on any atom is 0.0626 e. The Morgan fingerprint density at radius 3 is 2.83 bits per heavy atom. The summed E-state index contributed by atoms with van der Waals surface area (Å²) in [6, 6.07) is 8.04. The first-order chi connectivity index (χ1) is 8.70. The first-order valence-corrected chi connectivity index (χ1v) is 7.14. The van der Waals surface area contributed by atoms with E-state index in [4.69, 9.17) is 11.6 Å². The van der Waals surface area contributed by atoms with Crippen molar-refractivity contribution in [2.75, 3.05) is 6.61 Å². The molecule has 0 radical (unpaired) electrons. The van der Waals surface area contributed by atoms with E-state index in [0.29, 0.717) is 6.54 Å². The van der Waals surface area contributed by atoms with E-state index >= 15 is 0 Å². The normalized spacial score (nSPS) is 12.6. The zero-order chi connectivity index (χ0) is 13.0. The van der Waals surface area contributed by atoms with Crippen LogP contribution in [0.1, 0.15) is 22.7 Å². The van der Waals surface area contributed by atoms with E-state index in [-0.39, 0.29) is 12.6 Å². The van der Waals surface area contributed by atoms with E-state index in [0.717, 1.165) is 21.7 Å². The van der Waals surface area contributed by atoms with E-state index in [2.05, 4.69) is 16.8 Å². The van der Waals surface area contributed by atoms with Crippen LogP contribution in [0.15, 0.2) is 35.0 Å². The molecule has 0 amide bonds. The molecule has 18 heavy (non-hydrogen) atoms. The van der Waals surface area contributed by atoms with Crippen molar-refractivity contribution in [1.29, 1.82) is 0 Å². The van der Waals surface area contributed by atoms with Gasteiger partial charge in [-0.15, -0.1) is 0 Å². The van der Waals surface area contributed by atoms with Gasteiger partial charge in [-0.2, -0.15) is 11.3 Å². The van der Waals surface area contributed by atoms with Crippen molar-refractivity contribution < 1.29 is 5.11 Å². The van der Waals surface area contributed by atoms with Crippen molar-refractivity contribution in [2.24, 2.45) is 0 Å². The van der Waals surface area contributed by atoms with Crippen LogP contribution in [0.25, 0.3) is 0 Å². The number of hydrogen-bond acceptors (Lipinski definition) is 3. The van der Waals surface area contributed by atoms with Crippen LogP contribution in [0.5, 0.6) is 0 Å². The van der Waals surface area contributed by atoms with Crippen molar-refractivity contribution >= 4 is 22.9 Å². The summed E-state index contributed by atoms with van der Waals surface area (Å²) in [5, 5.41) is 17.6. The molecule has 0 unspecified atom stereocenters. The van der Waals surface area contributed by atoms with E-state index in [1.807, 2.05) is 30.5 Å². The van der Waals surface area contributed by atoms with Crippen molar-refractivity contribution in [3.63, 3.8) is 0 Å². The number of aliphatic hydroxyl groups excluding tert-OH is 1. The number of aryl methyl sites for hydroxylation is 1. The summed E-state index contributed by atoms with van der Waals surface area (Å²) in [4.78, 5) is 0. The Morgan fingerprint density at radius 2 is 2.22 bits per heavy atom. The summed E-state index contributed by atoms with van der Waals surface area (Å²) in [5.74, 6) is 0. The SMILES string of the molecule is Cc1ccc(CN[C@H](CO)c2ccsc2)cc1Cl. The fourth-order valence-electron chi connectivity index (χ4n) is 1.75. The highest BCUT2D eigenvalue weighted by Crippen LogP contribution is 2.19. The lowest BCUT2D eigenvalue weighted by molar-refractivity contribution is 0.244. The smallest absolute Gasteiger partial charge is 0.0626 e. The molecule has 0 spiro atoms. The van der Waals surface area contributed by atoms with Gasteiger partial charge in [0, 0.05) is 11.6 Å². The van der Waals surface area contributed by atoms with Gasteiger partial charge in [0.25, 0.3) is 0 Å². The summed E-state index contributed by atoms with van der Waals surface area (Å²) in [6.45, 7) is 2.78. The molecular weight excluding hydrogens is 266 g/mol. The van der Waals surface area contributed by atoms with Crippen LogP contribution < -0.4 is 5.32 Å². The lowest BCUT2D eigenvalue weighted by Gasteiger charge is -2.15. The zero-order valence-electron chi connectivity index (χ0n) is 10.2. The van der Waals surface area contributed by atoms with Crippen LogP contribution in [0.4, 0.5) is 0 Å². The van der Waals surface area contributed by atoms with Gasteiger partial charge in [0.1, 0.15) is 0 Å². The van der Waals surface area contributed by atoms with Gasteiger partial charge in [-0.3, -0.25) is 0 Å². The molecule has 0 saturated heterocycles. The van der Waals surface area contributed by atoms with Crippen LogP contribution in [0.2, 0.25) is 5.02 Å². The standard InChI is InChI=1S/C14H16ClNOS/c1-10-2-3-11(6-13(10)15)7-16-14(8-17)12-4-5-18-9-12/h2-6,9,14,16-17H,7-8H2,1H3/t14-/m1/s1. The molecule has 96 valence electrons. The molecule has 2 N–H and O–H groups in total. The Kier molecular flexibility index (Phi) is 4.78. The number of halogens is 1. The van der Waals surface area contributed by atoms with Crippen LogP contribution in [-0.2, 0) is 6.54 Å². The molecule has 0 aliphatic heterocycles. The minimum atomic E-state index is -0.0173. The predicted octanol–water partition coefficient (Wildman–Crippen LogP) is 3.53. The van der Waals surface area contributed by atoms with Gasteiger partial charge in [-0.1, -0.05) is 23.7 Å². The third-order valence-electron chi connectivity index (χ3n) is 2.92. The van der Waals surface area contributed by atoms with E-state index in [9.17, 15) is 5.11 Å². The van der Waals surface area contributed by atoms with Crippen LogP contribution in [0.3, 0.4) is 0 Å². The van der Waals surface area contributed by atoms with Crippen LogP contribution in [-0.4, -0.2) is 11.7 Å². The molecule has 1 aromatic carbocycles. The van der Waals surface area contributed by atoms with E-state index in [1.165, 1.54) is 0 Å². The zero-order valence-corrected chi connectivity index (χ0v) is 11.8. The molecular formula is C14H16ClNOS. The van der Waals surface area contributed by atoms with Gasteiger partial charge < -0.3 is 10.4 Å². The second kappa shape index (κ2) is 6.34. The second-order valence-electron chi connectivity index (χ2n) is 4.26. The first-order valence-electron chi connectivity index (χ1n) is 5.82. The van der Waals surface area contributed by atoms with Gasteiger partial charge in [0.2, 0.25) is 0 Å². The lowest BCUT2D eigenvalue weighted by Crippen LogP contribution is -2.23. The molecule has 1 aromatic heterocycles. The summed E-state index contributed by atoms with van der Waals surface area (Å²) < 4.78 is 0. The molecule has 2 rings (SSSR count). The fraction of sp³-hybridized carbons (Fsp3) is 0.286. The molecule has 1 heterocycles. The number of hydrogen-bond donors (Lipinski definition) is 2. The Bertz CT molecular complexity index is 499. The maximum absolute atomic E-state index is 9.39. The minimum Gasteiger partial charge on any atom is -0.394 e. The number of nitrogens with one attached hydrogen (secondary N) is 1.